The van der Waals surface area contributed by atoms with Crippen molar-refractivity contribution in [3.63, 3.8) is 0 Å². The first-order valence-corrected chi connectivity index (χ1v) is 11.0. The van der Waals surface area contributed by atoms with E-state index in [0.29, 0.717) is 16.6 Å². The minimum Gasteiger partial charge on any atom is -0.237 e. The summed E-state index contributed by atoms with van der Waals surface area (Å²) < 4.78 is 28.6. The van der Waals surface area contributed by atoms with Crippen LogP contribution in [0, 0.1) is 6.92 Å². The second kappa shape index (κ2) is 6.95. The molecule has 1 heterocycles. The quantitative estimate of drug-likeness (QED) is 0.446. The lowest BCUT2D eigenvalue weighted by Crippen LogP contribution is -2.15. The van der Waals surface area contributed by atoms with Crippen LogP contribution in [-0.2, 0) is 16.2 Å². The van der Waals surface area contributed by atoms with Gasteiger partial charge in [0, 0.05) is 22.8 Å². The van der Waals surface area contributed by atoms with Crippen LogP contribution >= 0.6 is 9.24 Å². The first kappa shape index (κ1) is 18.0. The smallest absolute Gasteiger partial charge is 0.237 e. The van der Waals surface area contributed by atoms with Crippen molar-refractivity contribution >= 4 is 30.2 Å². The Labute approximate surface area is 161 Å². The SMILES string of the molecule is Cc1ccc(S(=O)(=O)n2c(CP)c(-c3ccccc3)c3ccccc32)cc1. The molecule has 136 valence electrons. The molecular weight excluding hydrogens is 373 g/mol. The molecule has 0 spiro atoms. The lowest BCUT2D eigenvalue weighted by Gasteiger charge is -2.12. The number of hydrogen-bond donors (Lipinski definition) is 0. The van der Waals surface area contributed by atoms with Crippen molar-refractivity contribution in [1.29, 1.82) is 0 Å². The van der Waals surface area contributed by atoms with Crippen molar-refractivity contribution in [2.75, 3.05) is 0 Å². The van der Waals surface area contributed by atoms with Gasteiger partial charge in [-0.3, -0.25) is 0 Å². The molecule has 0 radical (unpaired) electrons. The third-order valence-electron chi connectivity index (χ3n) is 4.74. The van der Waals surface area contributed by atoms with E-state index in [2.05, 4.69) is 9.24 Å². The molecule has 3 aromatic carbocycles. The molecule has 0 amide bonds. The molecule has 0 N–H and O–H groups in total. The fourth-order valence-corrected chi connectivity index (χ4v) is 5.55. The van der Waals surface area contributed by atoms with Gasteiger partial charge >= 0.3 is 0 Å². The van der Waals surface area contributed by atoms with Crippen LogP contribution in [0.3, 0.4) is 0 Å². The maximum absolute atomic E-state index is 13.5. The summed E-state index contributed by atoms with van der Waals surface area (Å²) in [6.07, 6.45) is 0.532. The van der Waals surface area contributed by atoms with Gasteiger partial charge in [-0.2, -0.15) is 0 Å². The van der Waals surface area contributed by atoms with Crippen molar-refractivity contribution in [2.24, 2.45) is 0 Å². The summed E-state index contributed by atoms with van der Waals surface area (Å²) in [5.74, 6) is 0. The Kier molecular flexibility index (Phi) is 4.63. The molecule has 5 heteroatoms. The molecule has 1 atom stereocenters. The van der Waals surface area contributed by atoms with Crippen LogP contribution in [-0.4, -0.2) is 12.4 Å². The molecule has 1 aromatic heterocycles. The fourth-order valence-electron chi connectivity index (χ4n) is 3.47. The molecule has 0 fully saturated rings. The molecule has 3 nitrogen and oxygen atoms in total. The second-order valence-corrected chi connectivity index (χ2v) is 8.69. The standard InChI is InChI=1S/C22H20NO2PS/c1-16-11-13-18(14-12-16)27(24,25)23-20-10-6-5-9-19(20)22(21(23)15-26)17-7-3-2-4-8-17/h2-14H,15,26H2,1H3. The van der Waals surface area contributed by atoms with Crippen LogP contribution in [0.15, 0.2) is 83.8 Å². The van der Waals surface area contributed by atoms with E-state index in [0.717, 1.165) is 27.8 Å². The molecule has 0 aliphatic heterocycles. The van der Waals surface area contributed by atoms with Gasteiger partial charge in [-0.25, -0.2) is 12.4 Å². The van der Waals surface area contributed by atoms with Gasteiger partial charge in [-0.05, 0) is 30.7 Å². The van der Waals surface area contributed by atoms with Crippen LogP contribution in [0.4, 0.5) is 0 Å². The highest BCUT2D eigenvalue weighted by molar-refractivity contribution is 7.90. The average molecular weight is 393 g/mol. The highest BCUT2D eigenvalue weighted by Crippen LogP contribution is 2.38. The highest BCUT2D eigenvalue weighted by atomic mass is 32.2. The van der Waals surface area contributed by atoms with Crippen molar-refractivity contribution in [3.8, 4) is 11.1 Å². The minimum absolute atomic E-state index is 0.299. The van der Waals surface area contributed by atoms with Crippen LogP contribution in [0.5, 0.6) is 0 Å². The van der Waals surface area contributed by atoms with E-state index < -0.39 is 10.0 Å². The van der Waals surface area contributed by atoms with Crippen LogP contribution in [0.1, 0.15) is 11.3 Å². The summed E-state index contributed by atoms with van der Waals surface area (Å²) in [4.78, 5) is 0.299. The Morgan fingerprint density at radius 2 is 1.48 bits per heavy atom. The van der Waals surface area contributed by atoms with Gasteiger partial charge in [-0.1, -0.05) is 66.2 Å². The first-order valence-electron chi connectivity index (χ1n) is 8.74. The summed E-state index contributed by atoms with van der Waals surface area (Å²) in [7, 11) is -1.03. The summed E-state index contributed by atoms with van der Waals surface area (Å²) in [6.45, 7) is 1.95. The number of fused-ring (bicyclic) bond motifs is 1. The Bertz CT molecular complexity index is 1210. The van der Waals surface area contributed by atoms with E-state index in [9.17, 15) is 8.42 Å². The zero-order valence-corrected chi connectivity index (χ0v) is 16.9. The molecule has 27 heavy (non-hydrogen) atoms. The number of rotatable bonds is 4. The molecule has 0 aliphatic carbocycles. The van der Waals surface area contributed by atoms with Crippen LogP contribution in [0.25, 0.3) is 22.0 Å². The predicted molar refractivity (Wildman–Crippen MR) is 115 cm³/mol. The van der Waals surface area contributed by atoms with Gasteiger partial charge in [0.15, 0.2) is 0 Å². The Balaban J connectivity index is 2.09. The molecule has 0 saturated heterocycles. The summed E-state index contributed by atoms with van der Waals surface area (Å²) in [5.41, 5.74) is 4.49. The third kappa shape index (κ3) is 2.99. The molecule has 0 aliphatic rings. The first-order chi connectivity index (χ1) is 13.0. The van der Waals surface area contributed by atoms with E-state index in [-0.39, 0.29) is 0 Å². The zero-order chi connectivity index (χ0) is 19.0. The normalized spacial score (nSPS) is 11.8. The van der Waals surface area contributed by atoms with Crippen LogP contribution < -0.4 is 0 Å². The second-order valence-electron chi connectivity index (χ2n) is 6.49. The number of nitrogens with zero attached hydrogens (tertiary/aromatic N) is 1. The number of aryl methyl sites for hydroxylation is 1. The monoisotopic (exact) mass is 393 g/mol. The number of benzene rings is 3. The molecular formula is C22H20NO2PS. The number of hydrogen-bond acceptors (Lipinski definition) is 2. The van der Waals surface area contributed by atoms with Gasteiger partial charge < -0.3 is 0 Å². The summed E-state index contributed by atoms with van der Waals surface area (Å²) in [5, 5.41) is 0.942. The lowest BCUT2D eigenvalue weighted by molar-refractivity contribution is 0.588. The zero-order valence-electron chi connectivity index (χ0n) is 15.0. The Morgan fingerprint density at radius 3 is 2.15 bits per heavy atom. The van der Waals surface area contributed by atoms with E-state index in [1.54, 1.807) is 12.1 Å². The van der Waals surface area contributed by atoms with E-state index in [4.69, 9.17) is 0 Å². The molecule has 4 rings (SSSR count). The predicted octanol–water partition coefficient (Wildman–Crippen LogP) is 5.23. The fraction of sp³-hybridized carbons (Fsp3) is 0.0909. The van der Waals surface area contributed by atoms with E-state index in [1.807, 2.05) is 73.7 Å². The Hall–Kier alpha value is -2.42. The number of para-hydroxylation sites is 1. The molecule has 1 unspecified atom stereocenters. The minimum atomic E-state index is -3.71. The van der Waals surface area contributed by atoms with Crippen molar-refractivity contribution in [2.45, 2.75) is 18.0 Å². The largest absolute Gasteiger partial charge is 0.268 e. The third-order valence-corrected chi connectivity index (χ3v) is 6.89. The van der Waals surface area contributed by atoms with Crippen LogP contribution in [0.2, 0.25) is 0 Å². The van der Waals surface area contributed by atoms with Crippen molar-refractivity contribution < 1.29 is 8.42 Å². The van der Waals surface area contributed by atoms with Gasteiger partial charge in [0.25, 0.3) is 10.0 Å². The van der Waals surface area contributed by atoms with Crippen molar-refractivity contribution in [3.05, 3.63) is 90.1 Å². The topological polar surface area (TPSA) is 39.1 Å². The average Bonchev–Trinajstić information content (AvgIpc) is 3.04. The van der Waals surface area contributed by atoms with Gasteiger partial charge in [0.2, 0.25) is 0 Å². The number of aromatic nitrogens is 1. The van der Waals surface area contributed by atoms with Gasteiger partial charge in [0.1, 0.15) is 0 Å². The summed E-state index contributed by atoms with van der Waals surface area (Å²) in [6, 6.07) is 24.7. The van der Waals surface area contributed by atoms with E-state index >= 15 is 0 Å². The highest BCUT2D eigenvalue weighted by Gasteiger charge is 2.26. The van der Waals surface area contributed by atoms with Gasteiger partial charge in [-0.15, -0.1) is 9.24 Å². The summed E-state index contributed by atoms with van der Waals surface area (Å²) >= 11 is 0. The molecule has 4 aromatic rings. The van der Waals surface area contributed by atoms with Crippen molar-refractivity contribution in [1.82, 2.24) is 3.97 Å². The Morgan fingerprint density at radius 1 is 0.852 bits per heavy atom. The van der Waals surface area contributed by atoms with E-state index in [1.165, 1.54) is 3.97 Å². The lowest BCUT2D eigenvalue weighted by atomic mass is 10.0. The van der Waals surface area contributed by atoms with Gasteiger partial charge in [0.05, 0.1) is 10.4 Å². The maximum Gasteiger partial charge on any atom is 0.268 e. The molecule has 0 saturated carbocycles. The maximum atomic E-state index is 13.5. The molecule has 0 bridgehead atoms.